The molecule has 1 heterocycles. The third kappa shape index (κ3) is 3.56. The van der Waals surface area contributed by atoms with E-state index in [1.54, 1.807) is 6.20 Å². The average molecular weight is 311 g/mol. The van der Waals surface area contributed by atoms with Gasteiger partial charge in [0, 0.05) is 34.2 Å². The van der Waals surface area contributed by atoms with Crippen LogP contribution >= 0.6 is 23.2 Å². The molecule has 0 aliphatic heterocycles. The van der Waals surface area contributed by atoms with Crippen molar-refractivity contribution in [3.05, 3.63) is 35.5 Å². The zero-order chi connectivity index (χ0) is 14.8. The van der Waals surface area contributed by atoms with Crippen LogP contribution in [0.1, 0.15) is 27.2 Å². The summed E-state index contributed by atoms with van der Waals surface area (Å²) in [7, 11) is 0. The molecule has 2 aromatic rings. The summed E-state index contributed by atoms with van der Waals surface area (Å²) in [5.74, 6) is 0.643. The molecule has 1 atom stereocenters. The number of fused-ring (bicyclic) bond motifs is 1. The van der Waals surface area contributed by atoms with Crippen LogP contribution in [0.5, 0.6) is 0 Å². The molecule has 2 rings (SSSR count). The Morgan fingerprint density at radius 1 is 1.25 bits per heavy atom. The summed E-state index contributed by atoms with van der Waals surface area (Å²) in [5, 5.41) is 5.40. The van der Waals surface area contributed by atoms with Crippen molar-refractivity contribution in [1.82, 2.24) is 4.98 Å². The number of nitrogens with one attached hydrogen (secondary N) is 1. The molecule has 0 fully saturated rings. The third-order valence-corrected chi connectivity index (χ3v) is 3.93. The van der Waals surface area contributed by atoms with E-state index >= 15 is 0 Å². The molecule has 0 aliphatic rings. The number of halogens is 2. The molecule has 0 bridgehead atoms. The highest BCUT2D eigenvalue weighted by Gasteiger charge is 2.24. The van der Waals surface area contributed by atoms with E-state index in [-0.39, 0.29) is 5.41 Å². The van der Waals surface area contributed by atoms with Crippen molar-refractivity contribution in [1.29, 1.82) is 0 Å². The van der Waals surface area contributed by atoms with Crippen LogP contribution in [-0.4, -0.2) is 16.9 Å². The smallest absolute Gasteiger partial charge is 0.0737 e. The first-order chi connectivity index (χ1) is 9.41. The summed E-state index contributed by atoms with van der Waals surface area (Å²) >= 11 is 12.0. The maximum atomic E-state index is 6.02. The summed E-state index contributed by atoms with van der Waals surface area (Å²) in [6.07, 6.45) is 2.73. The van der Waals surface area contributed by atoms with Crippen molar-refractivity contribution in [3.63, 3.8) is 0 Å². The molecule has 108 valence electrons. The van der Waals surface area contributed by atoms with Crippen LogP contribution in [-0.2, 0) is 0 Å². The molecular formula is C16H20Cl2N2. The number of hydrogen-bond acceptors (Lipinski definition) is 2. The number of aromatic nitrogens is 1. The zero-order valence-corrected chi connectivity index (χ0v) is 13.6. The maximum Gasteiger partial charge on any atom is 0.0737 e. The van der Waals surface area contributed by atoms with E-state index in [0.717, 1.165) is 23.0 Å². The van der Waals surface area contributed by atoms with Gasteiger partial charge in [-0.05, 0) is 36.1 Å². The van der Waals surface area contributed by atoms with Crippen LogP contribution < -0.4 is 5.32 Å². The summed E-state index contributed by atoms with van der Waals surface area (Å²) in [6, 6.07) is 8.10. The van der Waals surface area contributed by atoms with Crippen molar-refractivity contribution < 1.29 is 0 Å². The van der Waals surface area contributed by atoms with Crippen LogP contribution in [0.25, 0.3) is 10.9 Å². The van der Waals surface area contributed by atoms with E-state index in [1.165, 1.54) is 0 Å². The fourth-order valence-corrected chi connectivity index (χ4v) is 2.65. The van der Waals surface area contributed by atoms with Crippen LogP contribution in [0.15, 0.2) is 30.5 Å². The number of hydrogen-bond donors (Lipinski definition) is 1. The van der Waals surface area contributed by atoms with Crippen LogP contribution in [0, 0.1) is 5.41 Å². The predicted molar refractivity (Wildman–Crippen MR) is 89.0 cm³/mol. The normalized spacial score (nSPS) is 13.4. The predicted octanol–water partition coefficient (Wildman–Crippen LogP) is 5.34. The van der Waals surface area contributed by atoms with Gasteiger partial charge in [-0.3, -0.25) is 4.98 Å². The highest BCUT2D eigenvalue weighted by atomic mass is 35.5. The largest absolute Gasteiger partial charge is 0.381 e. The highest BCUT2D eigenvalue weighted by molar-refractivity contribution is 6.31. The molecule has 1 N–H and O–H groups in total. The Kier molecular flexibility index (Phi) is 4.77. The lowest BCUT2D eigenvalue weighted by Gasteiger charge is -2.32. The van der Waals surface area contributed by atoms with E-state index in [2.05, 4.69) is 31.1 Å². The average Bonchev–Trinajstić information content (AvgIpc) is 2.37. The Balaban J connectivity index is 2.37. The van der Waals surface area contributed by atoms with Crippen LogP contribution in [0.3, 0.4) is 0 Å². The second-order valence-electron chi connectivity index (χ2n) is 6.06. The van der Waals surface area contributed by atoms with Crippen molar-refractivity contribution in [3.8, 4) is 0 Å². The summed E-state index contributed by atoms with van der Waals surface area (Å²) in [6.45, 7) is 6.66. The Labute approximate surface area is 130 Å². The topological polar surface area (TPSA) is 24.9 Å². The van der Waals surface area contributed by atoms with Gasteiger partial charge in [-0.1, -0.05) is 32.4 Å². The van der Waals surface area contributed by atoms with Gasteiger partial charge in [0.25, 0.3) is 0 Å². The van der Waals surface area contributed by atoms with Gasteiger partial charge >= 0.3 is 0 Å². The van der Waals surface area contributed by atoms with Crippen molar-refractivity contribution in [2.75, 3.05) is 11.2 Å². The summed E-state index contributed by atoms with van der Waals surface area (Å²) < 4.78 is 0. The summed E-state index contributed by atoms with van der Waals surface area (Å²) in [4.78, 5) is 4.37. The minimum Gasteiger partial charge on any atom is -0.381 e. The number of alkyl halides is 1. The number of pyridine rings is 1. The van der Waals surface area contributed by atoms with E-state index in [1.807, 2.05) is 24.3 Å². The van der Waals surface area contributed by atoms with Gasteiger partial charge < -0.3 is 5.32 Å². The Bertz CT molecular complexity index is 591. The van der Waals surface area contributed by atoms with Gasteiger partial charge in [0.2, 0.25) is 0 Å². The van der Waals surface area contributed by atoms with E-state index in [4.69, 9.17) is 23.2 Å². The van der Waals surface area contributed by atoms with Crippen molar-refractivity contribution >= 4 is 39.8 Å². The van der Waals surface area contributed by atoms with E-state index < -0.39 is 0 Å². The van der Waals surface area contributed by atoms with Crippen LogP contribution in [0.2, 0.25) is 5.02 Å². The molecule has 1 aromatic carbocycles. The Morgan fingerprint density at radius 3 is 2.65 bits per heavy atom. The van der Waals surface area contributed by atoms with Gasteiger partial charge in [0.1, 0.15) is 0 Å². The number of anilines is 1. The molecule has 0 radical (unpaired) electrons. The second kappa shape index (κ2) is 6.19. The molecule has 0 spiro atoms. The van der Waals surface area contributed by atoms with Crippen molar-refractivity contribution in [2.24, 2.45) is 5.41 Å². The molecule has 1 unspecified atom stereocenters. The number of nitrogens with zero attached hydrogens (tertiary/aromatic N) is 1. The van der Waals surface area contributed by atoms with E-state index in [0.29, 0.717) is 16.9 Å². The minimum atomic E-state index is 0.136. The first kappa shape index (κ1) is 15.4. The number of rotatable bonds is 4. The van der Waals surface area contributed by atoms with Gasteiger partial charge in [-0.2, -0.15) is 0 Å². The lowest BCUT2D eigenvalue weighted by molar-refractivity contribution is 0.335. The number of benzene rings is 1. The molecule has 0 aliphatic carbocycles. The first-order valence-corrected chi connectivity index (χ1v) is 7.70. The Hall–Kier alpha value is -0.990. The monoisotopic (exact) mass is 310 g/mol. The standard InChI is InChI=1S/C16H20Cl2N2/c1-16(2,3)15(6-8-17)20-13-7-9-19-14-10-11(18)4-5-12(13)14/h4-5,7,9-10,15H,6,8H2,1-3H3,(H,19,20). The highest BCUT2D eigenvalue weighted by Crippen LogP contribution is 2.30. The van der Waals surface area contributed by atoms with Crippen molar-refractivity contribution in [2.45, 2.75) is 33.2 Å². The molecule has 2 nitrogen and oxygen atoms in total. The van der Waals surface area contributed by atoms with Crippen LogP contribution in [0.4, 0.5) is 5.69 Å². The fourth-order valence-electron chi connectivity index (χ4n) is 2.27. The lowest BCUT2D eigenvalue weighted by atomic mass is 9.85. The third-order valence-electron chi connectivity index (χ3n) is 3.48. The zero-order valence-electron chi connectivity index (χ0n) is 12.1. The fraction of sp³-hybridized carbons (Fsp3) is 0.438. The molecule has 0 amide bonds. The molecule has 1 aromatic heterocycles. The molecular weight excluding hydrogens is 291 g/mol. The van der Waals surface area contributed by atoms with Gasteiger partial charge in [-0.25, -0.2) is 0 Å². The summed E-state index contributed by atoms with van der Waals surface area (Å²) in [5.41, 5.74) is 2.12. The molecule has 0 saturated heterocycles. The molecule has 20 heavy (non-hydrogen) atoms. The van der Waals surface area contributed by atoms with E-state index in [9.17, 15) is 0 Å². The second-order valence-corrected chi connectivity index (χ2v) is 6.87. The molecule has 0 saturated carbocycles. The minimum absolute atomic E-state index is 0.136. The lowest BCUT2D eigenvalue weighted by Crippen LogP contribution is -2.34. The SMILES string of the molecule is CC(C)(C)C(CCCl)Nc1ccnc2cc(Cl)ccc12. The maximum absolute atomic E-state index is 6.02. The van der Waals surface area contributed by atoms with Gasteiger partial charge in [-0.15, -0.1) is 11.6 Å². The van der Waals surface area contributed by atoms with Gasteiger partial charge in [0.05, 0.1) is 5.52 Å². The van der Waals surface area contributed by atoms with Gasteiger partial charge in [0.15, 0.2) is 0 Å². The molecule has 4 heteroatoms. The first-order valence-electron chi connectivity index (χ1n) is 6.78. The quantitative estimate of drug-likeness (QED) is 0.771. The Morgan fingerprint density at radius 2 is 2.00 bits per heavy atom.